The molecule has 1 aromatic carbocycles. The maximum Gasteiger partial charge on any atom is 0.416 e. The Morgan fingerprint density at radius 1 is 0.957 bits per heavy atom. The van der Waals surface area contributed by atoms with E-state index in [4.69, 9.17) is 9.47 Å². The number of unbranched alkanes of at least 4 members (excludes halogenated alkanes) is 4. The first kappa shape index (κ1) is 18.3. The second-order valence-electron chi connectivity index (χ2n) is 6.19. The average molecular weight is 330 g/mol. The van der Waals surface area contributed by atoms with Crippen LogP contribution in [-0.4, -0.2) is 13.2 Å². The molecule has 0 N–H and O–H groups in total. The van der Waals surface area contributed by atoms with Gasteiger partial charge in [0, 0.05) is 11.5 Å². The minimum atomic E-state index is -4.31. The van der Waals surface area contributed by atoms with Crippen LogP contribution in [0.15, 0.2) is 24.3 Å². The predicted molar refractivity (Wildman–Crippen MR) is 83.0 cm³/mol. The molecular weight excluding hydrogens is 305 g/mol. The summed E-state index contributed by atoms with van der Waals surface area (Å²) in [5.41, 5.74) is -0.0126. The topological polar surface area (TPSA) is 18.5 Å². The fraction of sp³-hybridized carbons (Fsp3) is 0.667. The number of halogens is 3. The molecule has 2 nitrogen and oxygen atoms in total. The maximum atomic E-state index is 12.5. The molecule has 0 amide bonds. The Bertz CT molecular complexity index is 448. The Balaban J connectivity index is 1.74. The molecule has 0 unspecified atom stereocenters. The highest BCUT2D eigenvalue weighted by Crippen LogP contribution is 2.32. The van der Waals surface area contributed by atoms with Crippen LogP contribution >= 0.6 is 0 Å². The third kappa shape index (κ3) is 5.81. The first-order chi connectivity index (χ1) is 11.0. The molecular formula is C18H25F3O2. The van der Waals surface area contributed by atoms with E-state index in [9.17, 15) is 13.2 Å². The van der Waals surface area contributed by atoms with Gasteiger partial charge in [-0.25, -0.2) is 0 Å². The molecule has 0 bridgehead atoms. The fourth-order valence-corrected chi connectivity index (χ4v) is 2.77. The molecule has 0 radical (unpaired) electrons. The molecule has 1 fully saturated rings. The third-order valence-corrected chi connectivity index (χ3v) is 4.19. The van der Waals surface area contributed by atoms with E-state index in [0.29, 0.717) is 24.7 Å². The van der Waals surface area contributed by atoms with Crippen molar-refractivity contribution in [2.45, 2.75) is 57.9 Å². The molecule has 130 valence electrons. The van der Waals surface area contributed by atoms with Crippen LogP contribution in [0.3, 0.4) is 0 Å². The van der Waals surface area contributed by atoms with Crippen LogP contribution in [0.1, 0.15) is 62.9 Å². The fourth-order valence-electron chi connectivity index (χ4n) is 2.77. The maximum absolute atomic E-state index is 12.5. The number of hydrogen-bond donors (Lipinski definition) is 0. The van der Waals surface area contributed by atoms with Gasteiger partial charge in [-0.2, -0.15) is 13.2 Å². The van der Waals surface area contributed by atoms with Gasteiger partial charge in [-0.3, -0.25) is 0 Å². The molecule has 0 saturated carbocycles. The summed E-state index contributed by atoms with van der Waals surface area (Å²) in [5, 5.41) is 0. The van der Waals surface area contributed by atoms with E-state index in [1.165, 1.54) is 44.2 Å². The van der Waals surface area contributed by atoms with E-state index in [0.717, 1.165) is 18.6 Å². The van der Waals surface area contributed by atoms with E-state index in [2.05, 4.69) is 6.92 Å². The van der Waals surface area contributed by atoms with Crippen molar-refractivity contribution >= 4 is 0 Å². The first-order valence-corrected chi connectivity index (χ1v) is 8.41. The van der Waals surface area contributed by atoms with Crippen LogP contribution in [-0.2, 0) is 15.7 Å². The summed E-state index contributed by atoms with van der Waals surface area (Å²) in [6.45, 7) is 3.42. The van der Waals surface area contributed by atoms with Crippen molar-refractivity contribution in [1.82, 2.24) is 0 Å². The molecule has 0 aliphatic carbocycles. The minimum Gasteiger partial charge on any atom is -0.348 e. The van der Waals surface area contributed by atoms with E-state index in [-0.39, 0.29) is 0 Å². The zero-order valence-corrected chi connectivity index (χ0v) is 13.6. The normalized spacial score (nSPS) is 22.3. The van der Waals surface area contributed by atoms with Crippen LogP contribution < -0.4 is 0 Å². The number of hydrogen-bond acceptors (Lipinski definition) is 2. The summed E-state index contributed by atoms with van der Waals surface area (Å²) >= 11 is 0. The molecule has 1 saturated heterocycles. The van der Waals surface area contributed by atoms with Gasteiger partial charge in [0.2, 0.25) is 0 Å². The zero-order chi connectivity index (χ0) is 16.7. The highest BCUT2D eigenvalue weighted by molar-refractivity contribution is 5.25. The van der Waals surface area contributed by atoms with Gasteiger partial charge in [0.1, 0.15) is 0 Å². The molecule has 23 heavy (non-hydrogen) atoms. The van der Waals surface area contributed by atoms with Crippen molar-refractivity contribution < 1.29 is 22.6 Å². The predicted octanol–water partition coefficient (Wildman–Crippen LogP) is 5.73. The molecule has 0 atom stereocenters. The summed E-state index contributed by atoms with van der Waals surface area (Å²) in [7, 11) is 0. The van der Waals surface area contributed by atoms with Crippen molar-refractivity contribution in [1.29, 1.82) is 0 Å². The molecule has 0 aromatic heterocycles. The Labute approximate surface area is 136 Å². The SMILES string of the molecule is CCCCCCCC1COC(c2ccc(C(F)(F)F)cc2)OC1. The zero-order valence-electron chi connectivity index (χ0n) is 13.6. The largest absolute Gasteiger partial charge is 0.416 e. The quantitative estimate of drug-likeness (QED) is 0.595. The van der Waals surface area contributed by atoms with Gasteiger partial charge in [-0.15, -0.1) is 0 Å². The van der Waals surface area contributed by atoms with Crippen LogP contribution in [0.4, 0.5) is 13.2 Å². The second-order valence-corrected chi connectivity index (χ2v) is 6.19. The lowest BCUT2D eigenvalue weighted by Crippen LogP contribution is -2.27. The summed E-state index contributed by atoms with van der Waals surface area (Å²) in [6.07, 6.45) is 2.46. The number of rotatable bonds is 7. The summed E-state index contributed by atoms with van der Waals surface area (Å²) in [5.74, 6) is 0.391. The summed E-state index contributed by atoms with van der Waals surface area (Å²) in [4.78, 5) is 0. The Morgan fingerprint density at radius 3 is 2.13 bits per heavy atom. The highest BCUT2D eigenvalue weighted by atomic mass is 19.4. The molecule has 1 heterocycles. The smallest absolute Gasteiger partial charge is 0.348 e. The van der Waals surface area contributed by atoms with E-state index in [1.54, 1.807) is 0 Å². The van der Waals surface area contributed by atoms with Crippen LogP contribution in [0.5, 0.6) is 0 Å². The lowest BCUT2D eigenvalue weighted by molar-refractivity contribution is -0.206. The van der Waals surface area contributed by atoms with Crippen LogP contribution in [0.2, 0.25) is 0 Å². The third-order valence-electron chi connectivity index (χ3n) is 4.19. The molecule has 5 heteroatoms. The summed E-state index contributed by atoms with van der Waals surface area (Å²) < 4.78 is 49.0. The van der Waals surface area contributed by atoms with Crippen LogP contribution in [0, 0.1) is 5.92 Å². The van der Waals surface area contributed by atoms with Gasteiger partial charge in [0.15, 0.2) is 6.29 Å². The number of ether oxygens (including phenoxy) is 2. The number of benzene rings is 1. The first-order valence-electron chi connectivity index (χ1n) is 8.41. The molecule has 2 rings (SSSR count). The lowest BCUT2D eigenvalue weighted by atomic mass is 10.0. The highest BCUT2D eigenvalue weighted by Gasteiger charge is 2.31. The van der Waals surface area contributed by atoms with Crippen LogP contribution in [0.25, 0.3) is 0 Å². The Morgan fingerprint density at radius 2 is 1.57 bits per heavy atom. The standard InChI is InChI=1S/C18H25F3O2/c1-2-3-4-5-6-7-14-12-22-17(23-13-14)15-8-10-16(11-9-15)18(19,20)21/h8-11,14,17H,2-7,12-13H2,1H3. The van der Waals surface area contributed by atoms with E-state index in [1.807, 2.05) is 0 Å². The number of alkyl halides is 3. The average Bonchev–Trinajstić information content (AvgIpc) is 2.55. The van der Waals surface area contributed by atoms with E-state index < -0.39 is 18.0 Å². The van der Waals surface area contributed by atoms with Gasteiger partial charge in [0.05, 0.1) is 18.8 Å². The molecule has 0 spiro atoms. The minimum absolute atomic E-state index is 0.391. The second kappa shape index (κ2) is 8.69. The van der Waals surface area contributed by atoms with Crippen molar-refractivity contribution in [3.63, 3.8) is 0 Å². The Kier molecular flexibility index (Phi) is 6.90. The molecule has 1 aliphatic heterocycles. The van der Waals surface area contributed by atoms with Gasteiger partial charge in [-0.1, -0.05) is 51.2 Å². The monoisotopic (exact) mass is 330 g/mol. The van der Waals surface area contributed by atoms with Gasteiger partial charge in [-0.05, 0) is 18.6 Å². The Hall–Kier alpha value is -1.07. The molecule has 1 aliphatic rings. The van der Waals surface area contributed by atoms with Gasteiger partial charge in [0.25, 0.3) is 0 Å². The molecule has 1 aromatic rings. The van der Waals surface area contributed by atoms with Crippen molar-refractivity contribution in [3.8, 4) is 0 Å². The van der Waals surface area contributed by atoms with Gasteiger partial charge < -0.3 is 9.47 Å². The van der Waals surface area contributed by atoms with Crippen molar-refractivity contribution in [2.24, 2.45) is 5.92 Å². The summed E-state index contributed by atoms with van der Waals surface area (Å²) in [6, 6.07) is 5.00. The van der Waals surface area contributed by atoms with Crippen molar-refractivity contribution in [2.75, 3.05) is 13.2 Å². The van der Waals surface area contributed by atoms with E-state index >= 15 is 0 Å². The van der Waals surface area contributed by atoms with Crippen molar-refractivity contribution in [3.05, 3.63) is 35.4 Å². The lowest BCUT2D eigenvalue weighted by Gasteiger charge is -2.29. The van der Waals surface area contributed by atoms with Gasteiger partial charge >= 0.3 is 6.18 Å².